The van der Waals surface area contributed by atoms with Crippen molar-refractivity contribution in [2.24, 2.45) is 0 Å². The van der Waals surface area contributed by atoms with Crippen LogP contribution in [0.1, 0.15) is 124 Å². The first-order chi connectivity index (χ1) is 13.6. The number of unbranched alkanes of at least 4 members (excludes halogenated alkanes) is 14. The third-order valence-corrected chi connectivity index (χ3v) is 5.76. The number of carbonyl (C=O) groups is 2. The number of rotatable bonds is 21. The lowest BCUT2D eigenvalue weighted by Gasteiger charge is -2.25. The van der Waals surface area contributed by atoms with E-state index in [0.29, 0.717) is 19.5 Å². The Hall–Kier alpha value is -0.900. The minimum Gasteiger partial charge on any atom is -0.297 e. The number of ketones is 1. The lowest BCUT2D eigenvalue weighted by atomic mass is 10.0. The van der Waals surface area contributed by atoms with E-state index < -0.39 is 11.9 Å². The van der Waals surface area contributed by atoms with Gasteiger partial charge in [0, 0.05) is 6.42 Å². The maximum atomic E-state index is 12.3. The number of hydrogen-bond donors (Lipinski definition) is 0. The predicted octanol–water partition coefficient (Wildman–Crippen LogP) is 6.34. The highest BCUT2D eigenvalue weighted by Crippen LogP contribution is 2.14. The van der Waals surface area contributed by atoms with Crippen LogP contribution in [0.25, 0.3) is 0 Å². The molecular weight excluding hydrogens is 348 g/mol. The average Bonchev–Trinajstić information content (AvgIpc) is 2.68. The van der Waals surface area contributed by atoms with Crippen LogP contribution in [0.5, 0.6) is 0 Å². The van der Waals surface area contributed by atoms with Crippen molar-refractivity contribution in [1.82, 2.24) is 10.6 Å². The summed E-state index contributed by atoms with van der Waals surface area (Å²) in [5, 5.41) is 0. The first kappa shape index (κ1) is 27.1. The van der Waals surface area contributed by atoms with Crippen LogP contribution in [-0.4, -0.2) is 35.7 Å². The van der Waals surface area contributed by atoms with E-state index in [2.05, 4.69) is 6.92 Å². The van der Waals surface area contributed by atoms with Crippen molar-refractivity contribution in [3.05, 3.63) is 0 Å². The van der Waals surface area contributed by atoms with Crippen molar-refractivity contribution in [3.8, 4) is 0 Å². The van der Waals surface area contributed by atoms with Gasteiger partial charge >= 0.3 is 0 Å². The third-order valence-electron chi connectivity index (χ3n) is 5.76. The Balaban J connectivity index is 3.54. The number of carbonyl (C=O) groups excluding carboxylic acids is 2. The highest BCUT2D eigenvalue weighted by molar-refractivity contribution is 6.04. The van der Waals surface area contributed by atoms with Gasteiger partial charge in [-0.05, 0) is 19.5 Å². The van der Waals surface area contributed by atoms with E-state index >= 15 is 0 Å². The van der Waals surface area contributed by atoms with E-state index in [1.54, 1.807) is 4.90 Å². The van der Waals surface area contributed by atoms with Gasteiger partial charge in [0.1, 0.15) is 0 Å². The summed E-state index contributed by atoms with van der Waals surface area (Å²) >= 11 is 0. The minimum absolute atomic E-state index is 0.0709. The topological polar surface area (TPSA) is 61.2 Å². The standard InChI is InChI=1S/C24H47N2O2/c1-4-7-8-9-10-11-12-13-14-15-16-17-18-19-20-21-22(27)23(24(25)28)26(5-2)6-3/h23,25H,4-21H2,1-3H3. The highest BCUT2D eigenvalue weighted by atomic mass is 16.2. The first-order valence-corrected chi connectivity index (χ1v) is 12.1. The molecule has 0 spiro atoms. The molecule has 0 saturated heterocycles. The molecule has 1 amide bonds. The molecule has 0 aromatic rings. The Labute approximate surface area is 175 Å². The summed E-state index contributed by atoms with van der Waals surface area (Å²) in [4.78, 5) is 25.6. The molecule has 1 unspecified atom stereocenters. The Morgan fingerprint density at radius 3 is 1.32 bits per heavy atom. The normalized spacial score (nSPS) is 12.4. The number of amides is 1. The molecule has 1 radical (unpaired) electrons. The van der Waals surface area contributed by atoms with Crippen LogP contribution in [0.15, 0.2) is 0 Å². The Morgan fingerprint density at radius 1 is 0.643 bits per heavy atom. The summed E-state index contributed by atoms with van der Waals surface area (Å²) in [5.74, 6) is -0.826. The van der Waals surface area contributed by atoms with Crippen molar-refractivity contribution < 1.29 is 9.59 Å². The molecule has 4 heteroatoms. The summed E-state index contributed by atoms with van der Waals surface area (Å²) in [6.45, 7) is 7.40. The fourth-order valence-electron chi connectivity index (χ4n) is 3.91. The largest absolute Gasteiger partial charge is 0.297 e. The van der Waals surface area contributed by atoms with E-state index in [-0.39, 0.29) is 5.78 Å². The molecule has 0 heterocycles. The van der Waals surface area contributed by atoms with Gasteiger partial charge in [-0.2, -0.15) is 0 Å². The van der Waals surface area contributed by atoms with Gasteiger partial charge in [0.2, 0.25) is 0 Å². The lowest BCUT2D eigenvalue weighted by molar-refractivity contribution is -0.134. The van der Waals surface area contributed by atoms with Crippen LogP contribution >= 0.6 is 0 Å². The monoisotopic (exact) mass is 395 g/mol. The Morgan fingerprint density at radius 2 is 1.00 bits per heavy atom. The van der Waals surface area contributed by atoms with Gasteiger partial charge in [-0.1, -0.05) is 111 Å². The second-order valence-electron chi connectivity index (χ2n) is 8.15. The smallest absolute Gasteiger partial charge is 0.263 e. The molecule has 4 nitrogen and oxygen atoms in total. The lowest BCUT2D eigenvalue weighted by Crippen LogP contribution is -2.47. The summed E-state index contributed by atoms with van der Waals surface area (Å²) in [6.07, 6.45) is 19.9. The molecule has 0 bridgehead atoms. The third kappa shape index (κ3) is 14.1. The molecule has 165 valence electrons. The molecule has 1 atom stereocenters. The summed E-state index contributed by atoms with van der Waals surface area (Å²) < 4.78 is 0. The van der Waals surface area contributed by atoms with E-state index in [9.17, 15) is 9.59 Å². The molecule has 0 aromatic heterocycles. The number of nitrogens with zero attached hydrogens (tertiary/aromatic N) is 1. The molecule has 0 aliphatic rings. The van der Waals surface area contributed by atoms with Crippen LogP contribution in [0.2, 0.25) is 0 Å². The molecule has 0 saturated carbocycles. The second kappa shape index (κ2) is 19.4. The Bertz CT molecular complexity index is 381. The number of Topliss-reactive ketones (excluding diaryl/α,β-unsaturated/α-hetero) is 1. The van der Waals surface area contributed by atoms with Gasteiger partial charge in [-0.3, -0.25) is 20.2 Å². The molecule has 28 heavy (non-hydrogen) atoms. The summed E-state index contributed by atoms with van der Waals surface area (Å²) in [6, 6.07) is -0.846. The van der Waals surface area contributed by atoms with Crippen molar-refractivity contribution in [1.29, 1.82) is 0 Å². The van der Waals surface area contributed by atoms with Gasteiger partial charge in [0.05, 0.1) is 0 Å². The van der Waals surface area contributed by atoms with Crippen LogP contribution in [0.3, 0.4) is 0 Å². The Kier molecular flexibility index (Phi) is 18.8. The van der Waals surface area contributed by atoms with Crippen LogP contribution in [-0.2, 0) is 9.59 Å². The maximum absolute atomic E-state index is 12.3. The van der Waals surface area contributed by atoms with Crippen molar-refractivity contribution in [2.45, 2.75) is 130 Å². The van der Waals surface area contributed by atoms with Crippen molar-refractivity contribution >= 4 is 11.7 Å². The molecule has 0 aliphatic carbocycles. The molecule has 0 aromatic carbocycles. The fourth-order valence-corrected chi connectivity index (χ4v) is 3.91. The van der Waals surface area contributed by atoms with Gasteiger partial charge in [0.15, 0.2) is 11.8 Å². The maximum Gasteiger partial charge on any atom is 0.263 e. The minimum atomic E-state index is -0.846. The van der Waals surface area contributed by atoms with Crippen molar-refractivity contribution in [3.63, 3.8) is 0 Å². The number of hydrogen-bond acceptors (Lipinski definition) is 3. The molecule has 0 fully saturated rings. The number of likely N-dealkylation sites (N-methyl/N-ethyl adjacent to an activating group) is 1. The zero-order chi connectivity index (χ0) is 21.0. The first-order valence-electron chi connectivity index (χ1n) is 12.1. The van der Waals surface area contributed by atoms with E-state index in [1.165, 1.54) is 83.5 Å². The zero-order valence-corrected chi connectivity index (χ0v) is 19.1. The number of nitrogens with one attached hydrogen (secondary N) is 1. The summed E-state index contributed by atoms with van der Waals surface area (Å²) in [7, 11) is 0. The van der Waals surface area contributed by atoms with E-state index in [0.717, 1.165) is 12.8 Å². The molecule has 1 N–H and O–H groups in total. The summed E-state index contributed by atoms with van der Waals surface area (Å²) in [5.41, 5.74) is 7.39. The quantitative estimate of drug-likeness (QED) is 0.168. The second-order valence-corrected chi connectivity index (χ2v) is 8.15. The van der Waals surface area contributed by atoms with E-state index in [4.69, 9.17) is 5.73 Å². The van der Waals surface area contributed by atoms with Crippen molar-refractivity contribution in [2.75, 3.05) is 13.1 Å². The highest BCUT2D eigenvalue weighted by Gasteiger charge is 2.28. The van der Waals surface area contributed by atoms with Crippen LogP contribution in [0.4, 0.5) is 0 Å². The molecule has 0 rings (SSSR count). The zero-order valence-electron chi connectivity index (χ0n) is 19.1. The predicted molar refractivity (Wildman–Crippen MR) is 119 cm³/mol. The average molecular weight is 396 g/mol. The molecular formula is C24H47N2O2. The fraction of sp³-hybridized carbons (Fsp3) is 0.917. The van der Waals surface area contributed by atoms with Gasteiger partial charge < -0.3 is 0 Å². The van der Waals surface area contributed by atoms with Gasteiger partial charge in [0.25, 0.3) is 5.91 Å². The van der Waals surface area contributed by atoms with Crippen LogP contribution < -0.4 is 5.73 Å². The van der Waals surface area contributed by atoms with E-state index in [1.807, 2.05) is 13.8 Å². The SMILES string of the molecule is CCCCCCCCCCCCCCCCCC(=O)C(C([NH])=O)N(CC)CC. The molecule has 0 aliphatic heterocycles. The van der Waals surface area contributed by atoms with Gasteiger partial charge in [-0.15, -0.1) is 0 Å². The van der Waals surface area contributed by atoms with Crippen LogP contribution in [0, 0.1) is 0 Å². The van der Waals surface area contributed by atoms with Gasteiger partial charge in [-0.25, -0.2) is 0 Å².